The Hall–Kier alpha value is -1.61. The van der Waals surface area contributed by atoms with Gasteiger partial charge in [-0.1, -0.05) is 44.3 Å². The van der Waals surface area contributed by atoms with E-state index >= 15 is 0 Å². The first-order valence-corrected chi connectivity index (χ1v) is 15.8. The zero-order valence-electron chi connectivity index (χ0n) is 24.6. The maximum atomic E-state index is 13.9. The molecule has 8 nitrogen and oxygen atoms in total. The van der Waals surface area contributed by atoms with Gasteiger partial charge in [0, 0.05) is 30.6 Å². The van der Waals surface area contributed by atoms with Gasteiger partial charge in [0.15, 0.2) is 17.2 Å². The van der Waals surface area contributed by atoms with Crippen LogP contribution in [0.1, 0.15) is 97.8 Å². The number of Topliss-reactive ketones (excluding diaryl/α,β-unsaturated/α-hetero) is 2. The smallest absolute Gasteiger partial charge is 0.350 e. The standard InChI is InChI=1S/C31H51N3O5/c1-4-6-9-23(19-33-5-2)20-38-29(37)31-28(36)25-11-8-7-10-24(25)27(35)30(31,39-31)16-14-21(3)12-13-22-15-17-34-26(32)18-22/h14,22-26,33-34H,4-13,15-20,32H2,1-3H3/p+2. The van der Waals surface area contributed by atoms with Crippen molar-refractivity contribution in [3.05, 3.63) is 11.6 Å². The molecule has 8 heteroatoms. The van der Waals surface area contributed by atoms with Crippen LogP contribution in [0, 0.1) is 23.7 Å². The van der Waals surface area contributed by atoms with Gasteiger partial charge in [0.1, 0.15) is 6.17 Å². The van der Waals surface area contributed by atoms with E-state index in [2.05, 4.69) is 31.4 Å². The minimum Gasteiger partial charge on any atom is -0.463 e. The molecule has 0 aromatic rings. The van der Waals surface area contributed by atoms with E-state index in [0.717, 1.165) is 71.0 Å². The predicted molar refractivity (Wildman–Crippen MR) is 148 cm³/mol. The number of quaternary nitrogens is 2. The lowest BCUT2D eigenvalue weighted by Crippen LogP contribution is -2.94. The minimum atomic E-state index is -1.75. The number of esters is 1. The number of hydrogen-bond donors (Lipinski definition) is 3. The molecule has 39 heavy (non-hydrogen) atoms. The average molecular weight is 548 g/mol. The van der Waals surface area contributed by atoms with Crippen molar-refractivity contribution in [3.8, 4) is 0 Å². The summed E-state index contributed by atoms with van der Waals surface area (Å²) >= 11 is 0. The first kappa shape index (κ1) is 30.4. The molecule has 0 bridgehead atoms. The van der Waals surface area contributed by atoms with Gasteiger partial charge in [0.25, 0.3) is 5.60 Å². The Kier molecular flexibility index (Phi) is 10.4. The molecule has 4 aliphatic rings. The summed E-state index contributed by atoms with van der Waals surface area (Å²) < 4.78 is 12.0. The molecule has 2 saturated heterocycles. The van der Waals surface area contributed by atoms with Crippen molar-refractivity contribution in [2.24, 2.45) is 29.4 Å². The second kappa shape index (κ2) is 13.4. The topological polar surface area (TPSA) is 132 Å². The SMILES string of the molecule is CCCCC(C[NH2+]CC)COC(=O)C12OC1(CC=C(C)CCC1CC[NH2+]C(N)C1)C(=O)C1CCCCC1C2=O. The quantitative estimate of drug-likeness (QED) is 0.131. The molecule has 0 amide bonds. The fourth-order valence-corrected chi connectivity index (χ4v) is 7.34. The number of fused-ring (bicyclic) bond motifs is 2. The summed E-state index contributed by atoms with van der Waals surface area (Å²) in [6.07, 6.45) is 13.0. The van der Waals surface area contributed by atoms with Crippen LogP contribution in [0.2, 0.25) is 0 Å². The first-order chi connectivity index (χ1) is 18.8. The third kappa shape index (κ3) is 6.34. The number of carbonyl (C=O) groups excluding carboxylic acids is 3. The van der Waals surface area contributed by atoms with Crippen molar-refractivity contribution in [3.63, 3.8) is 0 Å². The van der Waals surface area contributed by atoms with Crippen LogP contribution in [0.15, 0.2) is 11.6 Å². The van der Waals surface area contributed by atoms with Gasteiger partial charge in [-0.2, -0.15) is 0 Å². The summed E-state index contributed by atoms with van der Waals surface area (Å²) in [5.41, 5.74) is 4.15. The zero-order chi connectivity index (χ0) is 28.0. The molecule has 4 fully saturated rings. The number of rotatable bonds is 14. The van der Waals surface area contributed by atoms with E-state index in [1.807, 2.05) is 6.08 Å². The second-order valence-electron chi connectivity index (χ2n) is 12.7. The highest BCUT2D eigenvalue weighted by Crippen LogP contribution is 2.61. The van der Waals surface area contributed by atoms with Crippen molar-refractivity contribution < 1.29 is 34.5 Å². The number of piperidine rings is 1. The summed E-state index contributed by atoms with van der Waals surface area (Å²) in [4.78, 5) is 41.5. The number of unbranched alkanes of at least 4 members (excludes halogenated alkanes) is 1. The van der Waals surface area contributed by atoms with E-state index in [-0.39, 0.29) is 42.6 Å². The van der Waals surface area contributed by atoms with Gasteiger partial charge in [-0.05, 0) is 58.3 Å². The average Bonchev–Trinajstić information content (AvgIpc) is 3.65. The monoisotopic (exact) mass is 547 g/mol. The van der Waals surface area contributed by atoms with Gasteiger partial charge in [0.05, 0.1) is 26.2 Å². The third-order valence-corrected chi connectivity index (χ3v) is 9.87. The third-order valence-electron chi connectivity index (χ3n) is 9.87. The van der Waals surface area contributed by atoms with Gasteiger partial charge in [-0.25, -0.2) is 4.79 Å². The van der Waals surface area contributed by atoms with Gasteiger partial charge in [0.2, 0.25) is 0 Å². The van der Waals surface area contributed by atoms with Crippen LogP contribution in [-0.4, -0.2) is 61.1 Å². The molecule has 220 valence electrons. The summed E-state index contributed by atoms with van der Waals surface area (Å²) in [6.45, 7) is 9.54. The van der Waals surface area contributed by atoms with Crippen LogP contribution in [0.4, 0.5) is 0 Å². The van der Waals surface area contributed by atoms with Gasteiger partial charge >= 0.3 is 5.97 Å². The van der Waals surface area contributed by atoms with Gasteiger partial charge in [-0.15, -0.1) is 0 Å². The van der Waals surface area contributed by atoms with Crippen LogP contribution >= 0.6 is 0 Å². The number of epoxide rings is 1. The molecule has 2 heterocycles. The fourth-order valence-electron chi connectivity index (χ4n) is 7.34. The number of ketones is 2. The number of ether oxygens (including phenoxy) is 2. The highest BCUT2D eigenvalue weighted by molar-refractivity contribution is 6.23. The van der Waals surface area contributed by atoms with Crippen LogP contribution < -0.4 is 16.4 Å². The number of allylic oxidation sites excluding steroid dienone is 1. The lowest BCUT2D eigenvalue weighted by molar-refractivity contribution is -0.699. The Balaban J connectivity index is 1.47. The molecule has 6 N–H and O–H groups in total. The molecule has 2 aliphatic heterocycles. The summed E-state index contributed by atoms with van der Waals surface area (Å²) in [6, 6.07) is 0. The summed E-state index contributed by atoms with van der Waals surface area (Å²) in [5, 5.41) is 4.43. The lowest BCUT2D eigenvalue weighted by Gasteiger charge is -2.36. The normalized spacial score (nSPS) is 35.2. The molecule has 0 aromatic carbocycles. The van der Waals surface area contributed by atoms with Crippen LogP contribution in [0.25, 0.3) is 0 Å². The molecule has 0 radical (unpaired) electrons. The Bertz CT molecular complexity index is 914. The van der Waals surface area contributed by atoms with Crippen molar-refractivity contribution in [1.29, 1.82) is 0 Å². The second-order valence-corrected chi connectivity index (χ2v) is 12.7. The van der Waals surface area contributed by atoms with Crippen molar-refractivity contribution in [2.45, 2.75) is 115 Å². The van der Waals surface area contributed by atoms with Crippen LogP contribution in [0.5, 0.6) is 0 Å². The van der Waals surface area contributed by atoms with Gasteiger partial charge < -0.3 is 20.1 Å². The first-order valence-electron chi connectivity index (χ1n) is 15.8. The molecule has 4 rings (SSSR count). The largest absolute Gasteiger partial charge is 0.463 e. The molecule has 2 saturated carbocycles. The highest BCUT2D eigenvalue weighted by Gasteiger charge is 2.86. The van der Waals surface area contributed by atoms with Crippen molar-refractivity contribution in [1.82, 2.24) is 0 Å². The summed E-state index contributed by atoms with van der Waals surface area (Å²) in [5.74, 6) is -0.812. The highest BCUT2D eigenvalue weighted by atomic mass is 16.7. The van der Waals surface area contributed by atoms with Gasteiger partial charge in [-0.3, -0.25) is 15.3 Å². The van der Waals surface area contributed by atoms with Crippen molar-refractivity contribution in [2.75, 3.05) is 26.2 Å². The number of hydrogen-bond acceptors (Lipinski definition) is 6. The Morgan fingerprint density at radius 2 is 1.95 bits per heavy atom. The van der Waals surface area contributed by atoms with E-state index in [1.54, 1.807) is 0 Å². The Morgan fingerprint density at radius 1 is 1.21 bits per heavy atom. The lowest BCUT2D eigenvalue weighted by atomic mass is 9.61. The minimum absolute atomic E-state index is 0.0524. The molecular formula is C31H53N3O5+2. The number of carbonyl (C=O) groups is 3. The number of nitrogens with two attached hydrogens (primary N) is 3. The Morgan fingerprint density at radius 3 is 2.64 bits per heavy atom. The molecule has 0 aromatic heterocycles. The molecule has 0 spiro atoms. The van der Waals surface area contributed by atoms with E-state index in [1.165, 1.54) is 12.0 Å². The van der Waals surface area contributed by atoms with Crippen LogP contribution in [0.3, 0.4) is 0 Å². The van der Waals surface area contributed by atoms with E-state index in [0.29, 0.717) is 18.8 Å². The molecule has 2 aliphatic carbocycles. The zero-order valence-corrected chi connectivity index (χ0v) is 24.6. The fraction of sp³-hybridized carbons (Fsp3) is 0.839. The van der Waals surface area contributed by atoms with E-state index in [9.17, 15) is 14.4 Å². The van der Waals surface area contributed by atoms with Crippen LogP contribution in [-0.2, 0) is 23.9 Å². The van der Waals surface area contributed by atoms with E-state index in [4.69, 9.17) is 15.2 Å². The maximum absolute atomic E-state index is 13.9. The molecular weight excluding hydrogens is 494 g/mol. The molecule has 7 unspecified atom stereocenters. The maximum Gasteiger partial charge on any atom is 0.350 e. The Labute approximate surface area is 234 Å². The van der Waals surface area contributed by atoms with Crippen molar-refractivity contribution >= 4 is 17.5 Å². The summed E-state index contributed by atoms with van der Waals surface area (Å²) in [7, 11) is 0. The van der Waals surface area contributed by atoms with E-state index < -0.39 is 23.1 Å². The molecule has 7 atom stereocenters. The predicted octanol–water partition coefficient (Wildman–Crippen LogP) is 1.76.